The summed E-state index contributed by atoms with van der Waals surface area (Å²) in [6.45, 7) is 25.2. The molecular weight excluding hydrogens is 1030 g/mol. The molecule has 7 aromatic carbocycles. The van der Waals surface area contributed by atoms with Crippen LogP contribution in [-0.2, 0) is 42.7 Å². The van der Waals surface area contributed by atoms with Crippen LogP contribution in [0.4, 0.5) is 39.8 Å². The average Bonchev–Trinajstić information content (AvgIpc) is 3.87. The first kappa shape index (κ1) is 44.9. The van der Waals surface area contributed by atoms with Crippen LogP contribution in [0.5, 0.6) is 11.5 Å². The van der Waals surface area contributed by atoms with Crippen LogP contribution < -0.4 is 19.4 Å². The molecule has 0 bridgehead atoms. The van der Waals surface area contributed by atoms with Crippen molar-refractivity contribution in [3.63, 3.8) is 0 Å². The molecule has 6 nitrogen and oxygen atoms in total. The molecule has 0 atom stereocenters. The fourth-order valence-electron chi connectivity index (χ4n) is 11.0. The van der Waals surface area contributed by atoms with Crippen LogP contribution in [0.1, 0.15) is 103 Å². The Labute approximate surface area is 421 Å². The van der Waals surface area contributed by atoms with Gasteiger partial charge in [-0.3, -0.25) is 0 Å². The van der Waals surface area contributed by atoms with E-state index in [0.29, 0.717) is 11.5 Å². The second kappa shape index (κ2) is 15.7. The van der Waals surface area contributed by atoms with E-state index in [1.165, 1.54) is 55.8 Å². The van der Waals surface area contributed by atoms with Gasteiger partial charge in [-0.2, -0.15) is 12.1 Å². The summed E-state index contributed by atoms with van der Waals surface area (Å²) < 4.78 is 8.97. The second-order valence-corrected chi connectivity index (χ2v) is 21.9. The van der Waals surface area contributed by atoms with E-state index in [9.17, 15) is 0 Å². The van der Waals surface area contributed by atoms with Crippen molar-refractivity contribution < 1.29 is 25.8 Å². The Balaban J connectivity index is 0.00000520. The predicted octanol–water partition coefficient (Wildman–Crippen LogP) is 16.3. The molecule has 0 N–H and O–H groups in total. The Morgan fingerprint density at radius 1 is 0.536 bits per heavy atom. The Hall–Kier alpha value is -6.62. The number of fused-ring (bicyclic) bond motifs is 8. The van der Waals surface area contributed by atoms with Gasteiger partial charge in [-0.15, -0.1) is 48.1 Å². The van der Waals surface area contributed by atoms with E-state index < -0.39 is 0 Å². The Bertz CT molecular complexity index is 3450. The van der Waals surface area contributed by atoms with Crippen LogP contribution in [0.3, 0.4) is 0 Å². The number of nitrogens with zero attached hydrogens (tertiary/aromatic N) is 5. The summed E-state index contributed by atoms with van der Waals surface area (Å²) >= 11 is 0. The number of benzene rings is 7. The normalized spacial score (nSPS) is 15.4. The molecule has 348 valence electrons. The maximum Gasteiger partial charge on any atom is 0.135 e. The van der Waals surface area contributed by atoms with E-state index in [2.05, 4.69) is 235 Å². The maximum absolute atomic E-state index is 6.74. The third kappa shape index (κ3) is 6.96. The van der Waals surface area contributed by atoms with Crippen LogP contribution in [0.15, 0.2) is 152 Å². The van der Waals surface area contributed by atoms with Gasteiger partial charge in [0.25, 0.3) is 0 Å². The van der Waals surface area contributed by atoms with Gasteiger partial charge in [-0.25, -0.2) is 4.98 Å². The van der Waals surface area contributed by atoms with Crippen molar-refractivity contribution in [2.45, 2.75) is 90.9 Å². The third-order valence-corrected chi connectivity index (χ3v) is 14.8. The molecule has 3 aliphatic heterocycles. The molecule has 12 rings (SSSR count). The first-order valence-electron chi connectivity index (χ1n) is 23.9. The van der Waals surface area contributed by atoms with Crippen LogP contribution >= 0.6 is 0 Å². The van der Waals surface area contributed by atoms with Crippen LogP contribution in [0.2, 0.25) is 0 Å². The molecule has 0 unspecified atom stereocenters. The monoisotopic (exact) mass is 1080 g/mol. The summed E-state index contributed by atoms with van der Waals surface area (Å²) in [5.74, 6) is 2.07. The number of aromatic nitrogens is 2. The number of rotatable bonds is 5. The first-order valence-corrected chi connectivity index (χ1v) is 23.9. The molecule has 2 aromatic heterocycles. The van der Waals surface area contributed by atoms with Gasteiger partial charge in [-0.1, -0.05) is 135 Å². The maximum atomic E-state index is 6.74. The van der Waals surface area contributed by atoms with Crippen LogP contribution in [0, 0.1) is 18.8 Å². The Kier molecular flexibility index (Phi) is 10.2. The minimum atomic E-state index is -0.245. The molecule has 69 heavy (non-hydrogen) atoms. The Morgan fingerprint density at radius 3 is 1.75 bits per heavy atom. The number of ether oxygens (including phenoxy) is 1. The molecular formula is C62H56N5OPt-3. The number of para-hydroxylation sites is 4. The summed E-state index contributed by atoms with van der Waals surface area (Å²) in [7, 11) is 0. The minimum Gasteiger partial charge on any atom is -0.509 e. The smallest absolute Gasteiger partial charge is 0.135 e. The molecule has 0 saturated heterocycles. The molecule has 0 amide bonds. The molecule has 0 spiro atoms. The number of hydrogen-bond acceptors (Lipinski definition) is 5. The van der Waals surface area contributed by atoms with Gasteiger partial charge >= 0.3 is 0 Å². The van der Waals surface area contributed by atoms with Gasteiger partial charge in [-0.05, 0) is 104 Å². The van der Waals surface area contributed by atoms with Crippen molar-refractivity contribution in [1.82, 2.24) is 9.55 Å². The van der Waals surface area contributed by atoms with E-state index in [1.807, 2.05) is 24.4 Å². The van der Waals surface area contributed by atoms with Crippen molar-refractivity contribution in [3.05, 3.63) is 204 Å². The topological polar surface area (TPSA) is 36.8 Å². The van der Waals surface area contributed by atoms with Gasteiger partial charge in [0.1, 0.15) is 5.82 Å². The van der Waals surface area contributed by atoms with E-state index >= 15 is 0 Å². The van der Waals surface area contributed by atoms with Gasteiger partial charge in [0.15, 0.2) is 0 Å². The third-order valence-electron chi connectivity index (χ3n) is 14.8. The van der Waals surface area contributed by atoms with Gasteiger partial charge in [0.05, 0.1) is 17.1 Å². The molecule has 3 aliphatic rings. The van der Waals surface area contributed by atoms with E-state index in [4.69, 9.17) is 9.72 Å². The van der Waals surface area contributed by atoms with Crippen molar-refractivity contribution in [3.8, 4) is 17.3 Å². The first-order chi connectivity index (χ1) is 32.5. The van der Waals surface area contributed by atoms with Crippen molar-refractivity contribution in [2.75, 3.05) is 14.7 Å². The quantitative estimate of drug-likeness (QED) is 0.161. The number of anilines is 7. The molecule has 9 aromatic rings. The van der Waals surface area contributed by atoms with E-state index in [-0.39, 0.29) is 42.7 Å². The summed E-state index contributed by atoms with van der Waals surface area (Å²) in [4.78, 5) is 12.0. The van der Waals surface area contributed by atoms with Crippen LogP contribution in [-0.4, -0.2) is 9.55 Å². The molecule has 7 heteroatoms. The van der Waals surface area contributed by atoms with E-state index in [0.717, 1.165) is 45.0 Å². The van der Waals surface area contributed by atoms with Gasteiger partial charge in [0.2, 0.25) is 0 Å². The molecule has 0 radical (unpaired) electrons. The fraction of sp³-hybridized carbons (Fsp3) is 0.226. The molecule has 0 aliphatic carbocycles. The zero-order valence-corrected chi connectivity index (χ0v) is 43.2. The zero-order valence-electron chi connectivity index (χ0n) is 41.0. The van der Waals surface area contributed by atoms with E-state index in [1.54, 1.807) is 0 Å². The largest absolute Gasteiger partial charge is 0.509 e. The predicted molar refractivity (Wildman–Crippen MR) is 281 cm³/mol. The van der Waals surface area contributed by atoms with Gasteiger partial charge in [0, 0.05) is 72.2 Å². The average molecular weight is 1080 g/mol. The number of hydrogen-bond donors (Lipinski definition) is 0. The standard InChI is InChI=1S/C62H56N5O.Pt/c1-59(2,3)39-26-29-51-46(32-39)45-28-27-44(37-56(45)66(51)57-33-40(30-31-63-57)60(4,5)6)68-43-19-17-18-41(34-43)64-38-65(55-25-16-15-24-54(55)64)42-35-49-58-50(36-42)62(9,10)48-21-12-14-23-53(48)67(58)52-22-13-11-20-47(52)61(49,7)8;/h11-33,35-36,38H,1-10H3;/q-3;. The molecule has 0 saturated carbocycles. The molecule has 5 heterocycles. The molecule has 0 fully saturated rings. The fourth-order valence-corrected chi connectivity index (χ4v) is 11.0. The number of pyridine rings is 1. The summed E-state index contributed by atoms with van der Waals surface area (Å²) in [5.41, 5.74) is 17.2. The van der Waals surface area contributed by atoms with Crippen molar-refractivity contribution in [1.29, 1.82) is 0 Å². The Morgan fingerprint density at radius 2 is 1.12 bits per heavy atom. The SMILES string of the molecule is CC(C)(C)c1ccnc(-n2c3[c-]c(Oc4[c-]c(N5[CH-]N(c6cc7c8c(c6)C(C)(C)c6ccccc6N8c6ccccc6C7(C)C)c6ccccc65)ccc4)ccc3c3cc(C(C)(C)C)ccc32)c1.[Pt]. The van der Waals surface area contributed by atoms with Crippen molar-refractivity contribution in [2.24, 2.45) is 0 Å². The zero-order chi connectivity index (χ0) is 47.1. The summed E-state index contributed by atoms with van der Waals surface area (Å²) in [6.07, 6.45) is 1.92. The van der Waals surface area contributed by atoms with Gasteiger partial charge < -0.3 is 24.0 Å². The van der Waals surface area contributed by atoms with Crippen molar-refractivity contribution >= 4 is 61.6 Å². The second-order valence-electron chi connectivity index (χ2n) is 21.9. The minimum absolute atomic E-state index is 0. The van der Waals surface area contributed by atoms with Crippen LogP contribution in [0.25, 0.3) is 27.6 Å². The summed E-state index contributed by atoms with van der Waals surface area (Å²) in [5, 5.41) is 2.27. The summed E-state index contributed by atoms with van der Waals surface area (Å²) in [6, 6.07) is 60.1.